The van der Waals surface area contributed by atoms with E-state index in [2.05, 4.69) is 36.2 Å². The molecule has 1 heterocycles. The topological polar surface area (TPSA) is 12.4 Å². The van der Waals surface area contributed by atoms with Gasteiger partial charge in [0.05, 0.1) is 0 Å². The summed E-state index contributed by atoms with van der Waals surface area (Å²) in [7, 11) is 0. The summed E-state index contributed by atoms with van der Waals surface area (Å²) >= 11 is 0. The zero-order chi connectivity index (χ0) is 9.80. The Morgan fingerprint density at radius 3 is 3.00 bits per heavy atom. The molecule has 1 aliphatic rings. The Labute approximate surface area is 85.9 Å². The van der Waals surface area contributed by atoms with Crippen molar-refractivity contribution in [3.05, 3.63) is 35.4 Å². The summed E-state index contributed by atoms with van der Waals surface area (Å²) in [5.41, 5.74) is 4.20. The number of rotatable bonds is 2. The van der Waals surface area contributed by atoms with Gasteiger partial charge in [0.2, 0.25) is 0 Å². The Morgan fingerprint density at radius 1 is 1.29 bits per heavy atom. The van der Waals surface area contributed by atoms with Crippen molar-refractivity contribution < 1.29 is 0 Å². The van der Waals surface area contributed by atoms with Crippen molar-refractivity contribution in [3.63, 3.8) is 0 Å². The van der Waals surface area contributed by atoms with Crippen LogP contribution in [-0.4, -0.2) is 12.3 Å². The average Bonchev–Trinajstić information content (AvgIpc) is 2.42. The van der Waals surface area contributed by atoms with Crippen molar-refractivity contribution >= 4 is 5.71 Å². The zero-order valence-corrected chi connectivity index (χ0v) is 8.79. The van der Waals surface area contributed by atoms with Gasteiger partial charge in [0, 0.05) is 12.3 Å². The van der Waals surface area contributed by atoms with E-state index < -0.39 is 0 Å². The summed E-state index contributed by atoms with van der Waals surface area (Å²) in [6.45, 7) is 3.22. The predicted molar refractivity (Wildman–Crippen MR) is 61.1 cm³/mol. The fourth-order valence-corrected chi connectivity index (χ4v) is 2.04. The van der Waals surface area contributed by atoms with E-state index in [0.29, 0.717) is 0 Å². The second-order valence-corrected chi connectivity index (χ2v) is 3.84. The van der Waals surface area contributed by atoms with Crippen LogP contribution in [0.3, 0.4) is 0 Å². The predicted octanol–water partition coefficient (Wildman–Crippen LogP) is 3.22. The maximum atomic E-state index is 4.67. The molecule has 0 fully saturated rings. The average molecular weight is 187 g/mol. The summed E-state index contributed by atoms with van der Waals surface area (Å²) in [5, 5.41) is 0. The quantitative estimate of drug-likeness (QED) is 0.674. The second-order valence-electron chi connectivity index (χ2n) is 3.84. The first-order valence-electron chi connectivity index (χ1n) is 5.53. The number of aliphatic imine (C=N–C) groups is 1. The third-order valence-corrected chi connectivity index (χ3v) is 2.72. The smallest absolute Gasteiger partial charge is 0.0423 e. The standard InChI is InChI=1S/C13H17N/c1-2-6-13-12-9-4-3-7-11(12)8-5-10-14-13/h3-4,7,9H,2,5-6,8,10H2,1H3. The Balaban J connectivity index is 2.37. The Morgan fingerprint density at radius 2 is 2.14 bits per heavy atom. The van der Waals surface area contributed by atoms with E-state index in [1.807, 2.05) is 0 Å². The lowest BCUT2D eigenvalue weighted by molar-refractivity contribution is 0.842. The Hall–Kier alpha value is -1.11. The van der Waals surface area contributed by atoms with Crippen molar-refractivity contribution in [1.82, 2.24) is 0 Å². The van der Waals surface area contributed by atoms with Crippen LogP contribution < -0.4 is 0 Å². The van der Waals surface area contributed by atoms with E-state index in [-0.39, 0.29) is 0 Å². The molecule has 0 amide bonds. The molecule has 0 radical (unpaired) electrons. The van der Waals surface area contributed by atoms with Gasteiger partial charge in [0.15, 0.2) is 0 Å². The minimum atomic E-state index is 1.00. The minimum absolute atomic E-state index is 1.00. The first-order chi connectivity index (χ1) is 6.92. The van der Waals surface area contributed by atoms with E-state index in [4.69, 9.17) is 0 Å². The lowest BCUT2D eigenvalue weighted by atomic mass is 9.98. The Bertz CT molecular complexity index is 339. The molecule has 1 aliphatic heterocycles. The number of aryl methyl sites for hydroxylation is 1. The SMILES string of the molecule is CCCC1=NCCCc2ccccc21. The molecule has 0 spiro atoms. The van der Waals surface area contributed by atoms with E-state index in [1.165, 1.54) is 36.1 Å². The molecule has 14 heavy (non-hydrogen) atoms. The van der Waals surface area contributed by atoms with Gasteiger partial charge in [-0.25, -0.2) is 0 Å². The van der Waals surface area contributed by atoms with Gasteiger partial charge < -0.3 is 0 Å². The molecular formula is C13H17N. The van der Waals surface area contributed by atoms with Crippen molar-refractivity contribution in [2.45, 2.75) is 32.6 Å². The van der Waals surface area contributed by atoms with Gasteiger partial charge in [0.25, 0.3) is 0 Å². The van der Waals surface area contributed by atoms with Crippen LogP contribution >= 0.6 is 0 Å². The maximum Gasteiger partial charge on any atom is 0.0423 e. The molecule has 2 rings (SSSR count). The molecule has 74 valence electrons. The maximum absolute atomic E-state index is 4.67. The molecule has 1 nitrogen and oxygen atoms in total. The van der Waals surface area contributed by atoms with Crippen molar-refractivity contribution in [2.75, 3.05) is 6.54 Å². The number of nitrogens with zero attached hydrogens (tertiary/aromatic N) is 1. The lowest BCUT2D eigenvalue weighted by Gasteiger charge is -2.07. The molecule has 0 aromatic heterocycles. The molecule has 0 unspecified atom stereocenters. The van der Waals surface area contributed by atoms with Gasteiger partial charge >= 0.3 is 0 Å². The molecule has 0 saturated heterocycles. The third-order valence-electron chi connectivity index (χ3n) is 2.72. The molecule has 0 aliphatic carbocycles. The highest BCUT2D eigenvalue weighted by Gasteiger charge is 2.10. The fourth-order valence-electron chi connectivity index (χ4n) is 2.04. The van der Waals surface area contributed by atoms with Crippen LogP contribution in [0, 0.1) is 0 Å². The molecule has 0 bridgehead atoms. The number of hydrogen-bond acceptors (Lipinski definition) is 1. The number of fused-ring (bicyclic) bond motifs is 1. The molecule has 1 aromatic carbocycles. The highest BCUT2D eigenvalue weighted by Crippen LogP contribution is 2.18. The van der Waals surface area contributed by atoms with Crippen molar-refractivity contribution in [2.24, 2.45) is 4.99 Å². The first kappa shape index (κ1) is 9.45. The lowest BCUT2D eigenvalue weighted by Crippen LogP contribution is -2.02. The summed E-state index contributed by atoms with van der Waals surface area (Å²) in [6.07, 6.45) is 4.70. The molecule has 0 N–H and O–H groups in total. The van der Waals surface area contributed by atoms with E-state index in [9.17, 15) is 0 Å². The van der Waals surface area contributed by atoms with Crippen molar-refractivity contribution in [1.29, 1.82) is 0 Å². The van der Waals surface area contributed by atoms with Crippen LogP contribution in [0.2, 0.25) is 0 Å². The monoisotopic (exact) mass is 187 g/mol. The van der Waals surface area contributed by atoms with Gasteiger partial charge in [-0.3, -0.25) is 4.99 Å². The molecular weight excluding hydrogens is 170 g/mol. The highest BCUT2D eigenvalue weighted by molar-refractivity contribution is 6.02. The van der Waals surface area contributed by atoms with E-state index in [1.54, 1.807) is 0 Å². The first-order valence-corrected chi connectivity index (χ1v) is 5.53. The van der Waals surface area contributed by atoms with Gasteiger partial charge in [-0.2, -0.15) is 0 Å². The van der Waals surface area contributed by atoms with Crippen LogP contribution in [0.1, 0.15) is 37.3 Å². The summed E-state index contributed by atoms with van der Waals surface area (Å²) in [5.74, 6) is 0. The van der Waals surface area contributed by atoms with Crippen LogP contribution in [0.5, 0.6) is 0 Å². The molecule has 1 heteroatoms. The molecule has 0 saturated carbocycles. The van der Waals surface area contributed by atoms with E-state index in [0.717, 1.165) is 13.0 Å². The summed E-state index contributed by atoms with van der Waals surface area (Å²) in [6, 6.07) is 8.71. The van der Waals surface area contributed by atoms with Crippen LogP contribution in [0.25, 0.3) is 0 Å². The number of hydrogen-bond donors (Lipinski definition) is 0. The highest BCUT2D eigenvalue weighted by atomic mass is 14.7. The van der Waals surface area contributed by atoms with Crippen LogP contribution in [0.4, 0.5) is 0 Å². The molecule has 0 atom stereocenters. The molecule has 1 aromatic rings. The van der Waals surface area contributed by atoms with E-state index >= 15 is 0 Å². The van der Waals surface area contributed by atoms with Gasteiger partial charge in [-0.15, -0.1) is 0 Å². The fraction of sp³-hybridized carbons (Fsp3) is 0.462. The van der Waals surface area contributed by atoms with Gasteiger partial charge in [0.1, 0.15) is 0 Å². The third kappa shape index (κ3) is 1.87. The largest absolute Gasteiger partial charge is 0.289 e. The minimum Gasteiger partial charge on any atom is -0.289 e. The summed E-state index contributed by atoms with van der Waals surface area (Å²) in [4.78, 5) is 4.67. The van der Waals surface area contributed by atoms with Crippen LogP contribution in [0.15, 0.2) is 29.3 Å². The number of benzene rings is 1. The summed E-state index contributed by atoms with van der Waals surface area (Å²) < 4.78 is 0. The Kier molecular flexibility index (Phi) is 2.97. The normalized spacial score (nSPS) is 15.6. The van der Waals surface area contributed by atoms with Crippen molar-refractivity contribution in [3.8, 4) is 0 Å². The zero-order valence-electron chi connectivity index (χ0n) is 8.79. The van der Waals surface area contributed by atoms with Crippen LogP contribution in [-0.2, 0) is 6.42 Å². The van der Waals surface area contributed by atoms with Gasteiger partial charge in [-0.1, -0.05) is 37.6 Å². The van der Waals surface area contributed by atoms with Gasteiger partial charge in [-0.05, 0) is 30.4 Å². The second kappa shape index (κ2) is 4.41.